The molecular formula is C14H19N3. The highest BCUT2D eigenvalue weighted by molar-refractivity contribution is 5.65. The van der Waals surface area contributed by atoms with Gasteiger partial charge in [0.15, 0.2) is 0 Å². The van der Waals surface area contributed by atoms with E-state index >= 15 is 0 Å². The summed E-state index contributed by atoms with van der Waals surface area (Å²) in [6, 6.07) is 8.72. The molecule has 0 aliphatic carbocycles. The predicted molar refractivity (Wildman–Crippen MR) is 70.7 cm³/mol. The molecule has 0 bridgehead atoms. The van der Waals surface area contributed by atoms with Crippen molar-refractivity contribution < 1.29 is 0 Å². The Kier molecular flexibility index (Phi) is 3.29. The molecular weight excluding hydrogens is 210 g/mol. The van der Waals surface area contributed by atoms with Crippen molar-refractivity contribution in [2.75, 3.05) is 0 Å². The highest BCUT2D eigenvalue weighted by Crippen LogP contribution is 2.25. The van der Waals surface area contributed by atoms with Crippen molar-refractivity contribution in [1.29, 1.82) is 0 Å². The topological polar surface area (TPSA) is 43.8 Å². The molecule has 3 heteroatoms. The fraction of sp³-hybridized carbons (Fsp3) is 0.357. The smallest absolute Gasteiger partial charge is 0.0571 e. The molecule has 1 heterocycles. The molecule has 0 amide bonds. The second-order valence-electron chi connectivity index (χ2n) is 4.59. The first-order valence-corrected chi connectivity index (χ1v) is 5.97. The molecule has 1 aromatic carbocycles. The maximum Gasteiger partial charge on any atom is 0.0571 e. The summed E-state index contributed by atoms with van der Waals surface area (Å²) in [6.07, 6.45) is 1.94. The van der Waals surface area contributed by atoms with Gasteiger partial charge in [-0.15, -0.1) is 0 Å². The van der Waals surface area contributed by atoms with E-state index in [-0.39, 0.29) is 0 Å². The summed E-state index contributed by atoms with van der Waals surface area (Å²) in [6.45, 7) is 6.96. The minimum atomic E-state index is 0.390. The predicted octanol–water partition coefficient (Wildman–Crippen LogP) is 2.90. The highest BCUT2D eigenvalue weighted by Gasteiger charge is 2.10. The van der Waals surface area contributed by atoms with Gasteiger partial charge in [0.25, 0.3) is 0 Å². The highest BCUT2D eigenvalue weighted by atomic mass is 15.3. The number of hydrogen-bond donors (Lipinski definition) is 1. The standard InChI is InChI=1S/C14H19N3/c1-10(2)17-11(3)14(9-16-17)13-6-4-5-12(7-13)8-15/h4-7,9-10H,8,15H2,1-3H3. The van der Waals surface area contributed by atoms with Crippen molar-refractivity contribution in [1.82, 2.24) is 9.78 Å². The van der Waals surface area contributed by atoms with E-state index in [4.69, 9.17) is 5.73 Å². The lowest BCUT2D eigenvalue weighted by Gasteiger charge is -2.09. The molecule has 2 N–H and O–H groups in total. The minimum absolute atomic E-state index is 0.390. The first kappa shape index (κ1) is 11.9. The van der Waals surface area contributed by atoms with Gasteiger partial charge in [-0.25, -0.2) is 0 Å². The summed E-state index contributed by atoms with van der Waals surface area (Å²) in [5.41, 5.74) is 10.4. The maximum absolute atomic E-state index is 5.67. The number of benzene rings is 1. The second-order valence-corrected chi connectivity index (χ2v) is 4.59. The van der Waals surface area contributed by atoms with Gasteiger partial charge in [-0.3, -0.25) is 4.68 Å². The van der Waals surface area contributed by atoms with Gasteiger partial charge in [-0.1, -0.05) is 18.2 Å². The molecule has 0 saturated heterocycles. The van der Waals surface area contributed by atoms with Gasteiger partial charge in [0.1, 0.15) is 0 Å². The van der Waals surface area contributed by atoms with E-state index < -0.39 is 0 Å². The quantitative estimate of drug-likeness (QED) is 0.879. The van der Waals surface area contributed by atoms with E-state index in [1.165, 1.54) is 16.8 Å². The zero-order chi connectivity index (χ0) is 12.4. The van der Waals surface area contributed by atoms with Crippen LogP contribution in [0.1, 0.15) is 31.1 Å². The average molecular weight is 229 g/mol. The van der Waals surface area contributed by atoms with Crippen molar-refractivity contribution in [3.8, 4) is 11.1 Å². The summed E-state index contributed by atoms with van der Waals surface area (Å²) in [4.78, 5) is 0. The first-order chi connectivity index (χ1) is 8.13. The zero-order valence-corrected chi connectivity index (χ0v) is 10.6. The van der Waals surface area contributed by atoms with E-state index in [2.05, 4.69) is 38.0 Å². The third-order valence-electron chi connectivity index (χ3n) is 3.01. The van der Waals surface area contributed by atoms with Gasteiger partial charge in [0.2, 0.25) is 0 Å². The van der Waals surface area contributed by atoms with Gasteiger partial charge >= 0.3 is 0 Å². The van der Waals surface area contributed by atoms with E-state index in [0.29, 0.717) is 12.6 Å². The molecule has 0 aliphatic rings. The van der Waals surface area contributed by atoms with Crippen LogP contribution in [0.15, 0.2) is 30.5 Å². The molecule has 0 saturated carbocycles. The summed E-state index contributed by atoms with van der Waals surface area (Å²) in [5.74, 6) is 0. The van der Waals surface area contributed by atoms with Crippen LogP contribution < -0.4 is 5.73 Å². The Labute approximate surface area is 102 Å². The Morgan fingerprint density at radius 1 is 1.35 bits per heavy atom. The largest absolute Gasteiger partial charge is 0.326 e. The van der Waals surface area contributed by atoms with Gasteiger partial charge in [0, 0.05) is 23.8 Å². The lowest BCUT2D eigenvalue weighted by molar-refractivity contribution is 0.519. The summed E-state index contributed by atoms with van der Waals surface area (Å²) < 4.78 is 2.05. The van der Waals surface area contributed by atoms with Crippen LogP contribution in [0.5, 0.6) is 0 Å². The van der Waals surface area contributed by atoms with E-state index in [1.807, 2.05) is 23.0 Å². The van der Waals surface area contributed by atoms with Crippen molar-refractivity contribution in [3.63, 3.8) is 0 Å². The lowest BCUT2D eigenvalue weighted by atomic mass is 10.0. The van der Waals surface area contributed by atoms with Gasteiger partial charge in [-0.05, 0) is 38.0 Å². The lowest BCUT2D eigenvalue weighted by Crippen LogP contribution is -2.04. The van der Waals surface area contributed by atoms with Gasteiger partial charge in [-0.2, -0.15) is 5.10 Å². The Morgan fingerprint density at radius 3 is 2.71 bits per heavy atom. The second kappa shape index (κ2) is 4.72. The SMILES string of the molecule is Cc1c(-c2cccc(CN)c2)cnn1C(C)C. The van der Waals surface area contributed by atoms with E-state index in [0.717, 1.165) is 5.56 Å². The minimum Gasteiger partial charge on any atom is -0.326 e. The third kappa shape index (κ3) is 2.24. The maximum atomic E-state index is 5.67. The molecule has 90 valence electrons. The number of nitrogens with zero attached hydrogens (tertiary/aromatic N) is 2. The summed E-state index contributed by atoms with van der Waals surface area (Å²) >= 11 is 0. The van der Waals surface area contributed by atoms with E-state index in [9.17, 15) is 0 Å². The monoisotopic (exact) mass is 229 g/mol. The molecule has 2 rings (SSSR count). The van der Waals surface area contributed by atoms with Crippen molar-refractivity contribution in [3.05, 3.63) is 41.7 Å². The van der Waals surface area contributed by atoms with Crippen LogP contribution in [0.4, 0.5) is 0 Å². The van der Waals surface area contributed by atoms with Crippen molar-refractivity contribution >= 4 is 0 Å². The zero-order valence-electron chi connectivity index (χ0n) is 10.6. The molecule has 2 aromatic rings. The van der Waals surface area contributed by atoms with E-state index in [1.54, 1.807) is 0 Å². The van der Waals surface area contributed by atoms with Crippen LogP contribution in [0.25, 0.3) is 11.1 Å². The van der Waals surface area contributed by atoms with Gasteiger partial charge < -0.3 is 5.73 Å². The molecule has 0 spiro atoms. The summed E-state index contributed by atoms with van der Waals surface area (Å²) in [5, 5.41) is 4.43. The van der Waals surface area contributed by atoms with Crippen molar-refractivity contribution in [2.45, 2.75) is 33.4 Å². The van der Waals surface area contributed by atoms with Crippen LogP contribution in [0, 0.1) is 6.92 Å². The first-order valence-electron chi connectivity index (χ1n) is 5.97. The molecule has 0 radical (unpaired) electrons. The van der Waals surface area contributed by atoms with Crippen LogP contribution in [0.2, 0.25) is 0 Å². The van der Waals surface area contributed by atoms with Crippen LogP contribution in [0.3, 0.4) is 0 Å². The van der Waals surface area contributed by atoms with Crippen LogP contribution >= 0.6 is 0 Å². The Balaban J connectivity index is 2.46. The number of nitrogens with two attached hydrogens (primary N) is 1. The third-order valence-corrected chi connectivity index (χ3v) is 3.01. The fourth-order valence-corrected chi connectivity index (χ4v) is 2.09. The normalized spacial score (nSPS) is 11.1. The molecule has 0 unspecified atom stereocenters. The number of aromatic nitrogens is 2. The Morgan fingerprint density at radius 2 is 2.12 bits per heavy atom. The molecule has 0 fully saturated rings. The molecule has 3 nitrogen and oxygen atoms in total. The van der Waals surface area contributed by atoms with Gasteiger partial charge in [0.05, 0.1) is 6.20 Å². The molecule has 1 aromatic heterocycles. The number of rotatable bonds is 3. The average Bonchev–Trinajstić information content (AvgIpc) is 2.71. The molecule has 0 atom stereocenters. The van der Waals surface area contributed by atoms with Crippen LogP contribution in [-0.4, -0.2) is 9.78 Å². The summed E-state index contributed by atoms with van der Waals surface area (Å²) in [7, 11) is 0. The Hall–Kier alpha value is -1.61. The van der Waals surface area contributed by atoms with Crippen molar-refractivity contribution in [2.24, 2.45) is 5.73 Å². The molecule has 0 aliphatic heterocycles. The number of hydrogen-bond acceptors (Lipinski definition) is 2. The Bertz CT molecular complexity index is 512. The van der Waals surface area contributed by atoms with Crippen LogP contribution in [-0.2, 0) is 6.54 Å². The molecule has 17 heavy (non-hydrogen) atoms. The fourth-order valence-electron chi connectivity index (χ4n) is 2.09.